The summed E-state index contributed by atoms with van der Waals surface area (Å²) in [7, 11) is 0.997. The Labute approximate surface area is 49.8 Å². The van der Waals surface area contributed by atoms with Gasteiger partial charge < -0.3 is 4.74 Å². The number of hydrogen-bond donors (Lipinski definition) is 0. The first-order valence-electron chi connectivity index (χ1n) is 4.07. The van der Waals surface area contributed by atoms with Gasteiger partial charge >= 0.3 is 5.97 Å². The minimum absolute atomic E-state index is 0.898. The first-order chi connectivity index (χ1) is 5.30. The largest absolute Gasteiger partial charge is 0.466 e. The molecule has 2 nitrogen and oxygen atoms in total. The van der Waals surface area contributed by atoms with Gasteiger partial charge in [-0.15, -0.1) is 0 Å². The summed E-state index contributed by atoms with van der Waals surface area (Å²) in [6.45, 7) is -3.80. The van der Waals surface area contributed by atoms with Crippen LogP contribution in [0.4, 0.5) is 0 Å². The Bertz CT molecular complexity index is 212. The highest BCUT2D eigenvalue weighted by Gasteiger charge is 1.95. The summed E-state index contributed by atoms with van der Waals surface area (Å²) >= 11 is 0. The van der Waals surface area contributed by atoms with Crippen LogP contribution >= 0.6 is 0 Å². The Hall–Kier alpha value is -0.790. The molecule has 0 aliphatic heterocycles. The Morgan fingerprint density at radius 1 is 2.14 bits per heavy atom. The second-order valence-corrected chi connectivity index (χ2v) is 0.867. The van der Waals surface area contributed by atoms with Crippen molar-refractivity contribution in [3.8, 4) is 0 Å². The van der Waals surface area contributed by atoms with Gasteiger partial charge in [-0.05, 0) is 6.85 Å². The van der Waals surface area contributed by atoms with E-state index in [4.69, 9.17) is 6.85 Å². The van der Waals surface area contributed by atoms with E-state index in [1.165, 1.54) is 0 Å². The molecule has 0 spiro atoms. The van der Waals surface area contributed by atoms with E-state index in [2.05, 4.69) is 4.74 Å². The molecule has 0 N–H and O–H groups in total. The predicted octanol–water partition coefficient (Wildman–Crippen LogP) is 0.736. The topological polar surface area (TPSA) is 26.3 Å². The summed E-state index contributed by atoms with van der Waals surface area (Å²) in [5.74, 6) is -1.16. The SMILES string of the molecule is [2H]C([2H])=C(C(=O)OC)C([2H])([2H])[2H]. The molecule has 7 heavy (non-hydrogen) atoms. The standard InChI is InChI=1S/C5H8O2/c1-4(2)5(6)7-3/h1H2,2-3H3/i1D2,2D3. The van der Waals surface area contributed by atoms with Crippen molar-refractivity contribution in [2.75, 3.05) is 7.11 Å². The molecule has 2 heteroatoms. The van der Waals surface area contributed by atoms with Crippen LogP contribution in [0.1, 0.15) is 13.7 Å². The number of hydrogen-bond acceptors (Lipinski definition) is 2. The van der Waals surface area contributed by atoms with Crippen molar-refractivity contribution in [2.24, 2.45) is 0 Å². The number of rotatable bonds is 1. The van der Waals surface area contributed by atoms with Crippen LogP contribution in [0.5, 0.6) is 0 Å². The average molecular weight is 105 g/mol. The van der Waals surface area contributed by atoms with E-state index in [1.54, 1.807) is 0 Å². The molecule has 0 unspecified atom stereocenters. The van der Waals surface area contributed by atoms with E-state index in [-0.39, 0.29) is 0 Å². The smallest absolute Gasteiger partial charge is 0.332 e. The third-order valence-electron chi connectivity index (χ3n) is 0.390. The van der Waals surface area contributed by atoms with Gasteiger partial charge in [-0.25, -0.2) is 4.79 Å². The summed E-state index contributed by atoms with van der Waals surface area (Å²) < 4.78 is 37.9. The third-order valence-corrected chi connectivity index (χ3v) is 0.390. The van der Waals surface area contributed by atoms with Crippen molar-refractivity contribution >= 4 is 5.97 Å². The second kappa shape index (κ2) is 2.39. The van der Waals surface area contributed by atoms with Gasteiger partial charge in [-0.3, -0.25) is 0 Å². The van der Waals surface area contributed by atoms with Crippen LogP contribution in [0, 0.1) is 0 Å². The first-order valence-corrected chi connectivity index (χ1v) is 1.57. The zero-order chi connectivity index (χ0) is 9.94. The molecule has 0 aromatic heterocycles. The molecule has 40 valence electrons. The molecule has 0 rings (SSSR count). The highest BCUT2D eigenvalue weighted by Crippen LogP contribution is 1.87. The molecule has 0 heterocycles. The van der Waals surface area contributed by atoms with Gasteiger partial charge in [-0.1, -0.05) is 6.53 Å². The lowest BCUT2D eigenvalue weighted by Crippen LogP contribution is -1.98. The maximum Gasteiger partial charge on any atom is 0.332 e. The fraction of sp³-hybridized carbons (Fsp3) is 0.400. The molecule has 0 aromatic carbocycles. The summed E-state index contributed by atoms with van der Waals surface area (Å²) in [6.07, 6.45) is 0. The number of ether oxygens (including phenoxy) is 1. The van der Waals surface area contributed by atoms with Gasteiger partial charge in [0.05, 0.1) is 9.85 Å². The molecule has 0 aliphatic rings. The van der Waals surface area contributed by atoms with Crippen LogP contribution in [-0.2, 0) is 9.53 Å². The summed E-state index contributed by atoms with van der Waals surface area (Å²) in [5.41, 5.74) is -0.898. The van der Waals surface area contributed by atoms with Crippen LogP contribution in [0.2, 0.25) is 0 Å². The molecule has 0 radical (unpaired) electrons. The van der Waals surface area contributed by atoms with E-state index in [1.807, 2.05) is 0 Å². The number of carbonyl (C=O) groups excluding carboxylic acids is 1. The van der Waals surface area contributed by atoms with Crippen molar-refractivity contribution < 1.29 is 16.4 Å². The average Bonchev–Trinajstić information content (AvgIpc) is 1.83. The van der Waals surface area contributed by atoms with E-state index < -0.39 is 24.9 Å². The van der Waals surface area contributed by atoms with Gasteiger partial charge in [-0.2, -0.15) is 0 Å². The normalized spacial score (nSPS) is 19.3. The fourth-order valence-corrected chi connectivity index (χ4v) is 0.102. The second-order valence-electron chi connectivity index (χ2n) is 0.867. The Kier molecular flexibility index (Phi) is 0.553. The van der Waals surface area contributed by atoms with Gasteiger partial charge in [0.1, 0.15) is 0 Å². The van der Waals surface area contributed by atoms with Crippen LogP contribution in [0.15, 0.2) is 12.1 Å². The Morgan fingerprint density at radius 2 is 2.86 bits per heavy atom. The molecule has 0 bridgehead atoms. The molecule has 0 amide bonds. The third kappa shape index (κ3) is 1.98. The summed E-state index contributed by atoms with van der Waals surface area (Å²) in [5, 5.41) is 0. The quantitative estimate of drug-likeness (QED) is 0.363. The monoisotopic (exact) mass is 105 g/mol. The lowest BCUT2D eigenvalue weighted by molar-refractivity contribution is -0.135. The van der Waals surface area contributed by atoms with Crippen molar-refractivity contribution in [1.29, 1.82) is 0 Å². The lowest BCUT2D eigenvalue weighted by Gasteiger charge is -1.91. The van der Waals surface area contributed by atoms with Crippen molar-refractivity contribution in [3.63, 3.8) is 0 Å². The van der Waals surface area contributed by atoms with E-state index >= 15 is 0 Å². The molecule has 0 saturated heterocycles. The highest BCUT2D eigenvalue weighted by atomic mass is 16.5. The zero-order valence-electron chi connectivity index (χ0n) is 8.82. The number of methoxy groups -OCH3 is 1. The van der Waals surface area contributed by atoms with E-state index in [0.29, 0.717) is 0 Å². The van der Waals surface area contributed by atoms with Crippen LogP contribution in [0.3, 0.4) is 0 Å². The minimum atomic E-state index is -2.76. The van der Waals surface area contributed by atoms with Gasteiger partial charge in [0.2, 0.25) is 0 Å². The Balaban J connectivity index is 4.97. The molecule has 0 saturated carbocycles. The lowest BCUT2D eigenvalue weighted by atomic mass is 10.4. The number of esters is 1. The molecular formula is C5H8O2. The molecule has 0 aliphatic carbocycles. The summed E-state index contributed by atoms with van der Waals surface area (Å²) in [4.78, 5) is 10.7. The molecule has 0 fully saturated rings. The van der Waals surface area contributed by atoms with Crippen molar-refractivity contribution in [2.45, 2.75) is 6.85 Å². The van der Waals surface area contributed by atoms with E-state index in [0.717, 1.165) is 7.11 Å². The van der Waals surface area contributed by atoms with Crippen LogP contribution < -0.4 is 0 Å². The highest BCUT2D eigenvalue weighted by molar-refractivity contribution is 5.86. The maximum atomic E-state index is 10.7. The van der Waals surface area contributed by atoms with Crippen molar-refractivity contribution in [3.05, 3.63) is 12.1 Å². The Morgan fingerprint density at radius 3 is 3.00 bits per heavy atom. The van der Waals surface area contributed by atoms with Gasteiger partial charge in [0.15, 0.2) is 0 Å². The maximum absolute atomic E-state index is 10.7. The first kappa shape index (κ1) is 1.62. The summed E-state index contributed by atoms with van der Waals surface area (Å²) in [6, 6.07) is 0. The van der Waals surface area contributed by atoms with Crippen LogP contribution in [-0.4, -0.2) is 13.1 Å². The fourth-order valence-electron chi connectivity index (χ4n) is 0.102. The molecule has 0 aromatic rings. The zero-order valence-corrected chi connectivity index (χ0v) is 3.82. The van der Waals surface area contributed by atoms with Gasteiger partial charge in [0.25, 0.3) is 0 Å². The molecule has 0 atom stereocenters. The molecular weight excluding hydrogens is 92.1 g/mol. The van der Waals surface area contributed by atoms with Gasteiger partial charge in [0, 0.05) is 9.69 Å². The van der Waals surface area contributed by atoms with Crippen molar-refractivity contribution in [1.82, 2.24) is 0 Å². The predicted molar refractivity (Wildman–Crippen MR) is 26.8 cm³/mol. The minimum Gasteiger partial charge on any atom is -0.466 e. The number of carbonyl (C=O) groups is 1. The van der Waals surface area contributed by atoms with E-state index in [9.17, 15) is 4.79 Å². The van der Waals surface area contributed by atoms with Crippen LogP contribution in [0.25, 0.3) is 0 Å².